The van der Waals surface area contributed by atoms with Gasteiger partial charge in [0.1, 0.15) is 0 Å². The summed E-state index contributed by atoms with van der Waals surface area (Å²) in [6.45, 7) is 0. The molecule has 0 unspecified atom stereocenters. The average Bonchev–Trinajstić information content (AvgIpc) is 3.25. The molecule has 0 radical (unpaired) electrons. The Balaban J connectivity index is 1.47. The van der Waals surface area contributed by atoms with Crippen LogP contribution in [0, 0.1) is 0 Å². The van der Waals surface area contributed by atoms with Crippen LogP contribution >= 0.6 is 0 Å². The maximum absolute atomic E-state index is 13.5. The van der Waals surface area contributed by atoms with Gasteiger partial charge in [-0.3, -0.25) is 4.79 Å². The predicted molar refractivity (Wildman–Crippen MR) is 126 cm³/mol. The summed E-state index contributed by atoms with van der Waals surface area (Å²) < 4.78 is 0. The first-order chi connectivity index (χ1) is 15.3. The lowest BCUT2D eigenvalue weighted by molar-refractivity contribution is 0.102. The molecule has 0 atom stereocenters. The molecule has 3 nitrogen and oxygen atoms in total. The fraction of sp³-hybridized carbons (Fsp3) is 0.0714. The van der Waals surface area contributed by atoms with Gasteiger partial charge in [0.25, 0.3) is 5.91 Å². The van der Waals surface area contributed by atoms with Crippen molar-refractivity contribution < 1.29 is 4.79 Å². The quantitative estimate of drug-likeness (QED) is 0.380. The minimum atomic E-state index is -0.116. The molecule has 4 aromatic carbocycles. The highest BCUT2D eigenvalue weighted by Gasteiger charge is 2.19. The van der Waals surface area contributed by atoms with E-state index in [2.05, 4.69) is 29.6 Å². The molecule has 0 saturated heterocycles. The summed E-state index contributed by atoms with van der Waals surface area (Å²) in [4.78, 5) is 18.3. The van der Waals surface area contributed by atoms with Crippen LogP contribution in [0.4, 0.5) is 5.69 Å². The van der Waals surface area contributed by atoms with E-state index in [-0.39, 0.29) is 5.91 Å². The number of carbonyl (C=O) groups is 1. The van der Waals surface area contributed by atoms with Crippen LogP contribution in [0.5, 0.6) is 0 Å². The SMILES string of the molecule is O=C(Nc1ccc2c3c(cccc13)CC2)c1cc(-c2ccccc2)nc2ccccc12. The van der Waals surface area contributed by atoms with E-state index in [0.717, 1.165) is 46.1 Å². The number of fused-ring (bicyclic) bond motifs is 1. The number of para-hydroxylation sites is 1. The summed E-state index contributed by atoms with van der Waals surface area (Å²) in [5, 5.41) is 6.45. The Hall–Kier alpha value is -3.98. The van der Waals surface area contributed by atoms with Gasteiger partial charge in [0, 0.05) is 22.0 Å². The number of nitrogens with one attached hydrogen (secondary N) is 1. The van der Waals surface area contributed by atoms with Crippen LogP contribution in [-0.2, 0) is 12.8 Å². The number of hydrogen-bond acceptors (Lipinski definition) is 2. The molecule has 5 aromatic rings. The first-order valence-electron chi connectivity index (χ1n) is 10.6. The number of pyridine rings is 1. The standard InChI is InChI=1S/C28H20N2O/c31-28(30-25-16-15-20-14-13-19-9-6-11-22(25)27(19)20)23-17-26(18-7-2-1-3-8-18)29-24-12-5-4-10-21(23)24/h1-12,15-17H,13-14H2,(H,30,31). The predicted octanol–water partition coefficient (Wildman–Crippen LogP) is 6.41. The lowest BCUT2D eigenvalue weighted by atomic mass is 10.0. The molecule has 6 rings (SSSR count). The van der Waals surface area contributed by atoms with Gasteiger partial charge < -0.3 is 5.32 Å². The third-order valence-electron chi connectivity index (χ3n) is 6.16. The monoisotopic (exact) mass is 400 g/mol. The number of anilines is 1. The van der Waals surface area contributed by atoms with E-state index in [1.807, 2.05) is 66.7 Å². The molecule has 1 aliphatic rings. The number of rotatable bonds is 3. The Kier molecular flexibility index (Phi) is 4.07. The summed E-state index contributed by atoms with van der Waals surface area (Å²) in [6.07, 6.45) is 2.14. The Morgan fingerprint density at radius 3 is 2.35 bits per heavy atom. The smallest absolute Gasteiger partial charge is 0.256 e. The topological polar surface area (TPSA) is 42.0 Å². The number of amides is 1. The van der Waals surface area contributed by atoms with Crippen LogP contribution in [0.3, 0.4) is 0 Å². The minimum absolute atomic E-state index is 0.116. The summed E-state index contributed by atoms with van der Waals surface area (Å²) >= 11 is 0. The van der Waals surface area contributed by atoms with E-state index < -0.39 is 0 Å². The fourth-order valence-electron chi connectivity index (χ4n) is 4.67. The van der Waals surface area contributed by atoms with Gasteiger partial charge in [-0.25, -0.2) is 4.98 Å². The minimum Gasteiger partial charge on any atom is -0.321 e. The second-order valence-electron chi connectivity index (χ2n) is 8.00. The van der Waals surface area contributed by atoms with Crippen molar-refractivity contribution in [2.75, 3.05) is 5.32 Å². The second-order valence-corrected chi connectivity index (χ2v) is 8.00. The van der Waals surface area contributed by atoms with Gasteiger partial charge in [-0.1, -0.05) is 72.8 Å². The molecule has 31 heavy (non-hydrogen) atoms. The lowest BCUT2D eigenvalue weighted by Crippen LogP contribution is -2.13. The van der Waals surface area contributed by atoms with Gasteiger partial charge in [-0.2, -0.15) is 0 Å². The van der Waals surface area contributed by atoms with E-state index in [1.54, 1.807) is 0 Å². The maximum atomic E-state index is 13.5. The molecule has 1 N–H and O–H groups in total. The summed E-state index contributed by atoms with van der Waals surface area (Å²) in [5.41, 5.74) is 6.82. The summed E-state index contributed by atoms with van der Waals surface area (Å²) in [5.74, 6) is -0.116. The molecule has 0 fully saturated rings. The fourth-order valence-corrected chi connectivity index (χ4v) is 4.67. The number of benzene rings is 4. The zero-order valence-electron chi connectivity index (χ0n) is 16.9. The number of aromatic nitrogens is 1. The molecule has 3 heteroatoms. The van der Waals surface area contributed by atoms with Gasteiger partial charge in [0.15, 0.2) is 0 Å². The molecule has 148 valence electrons. The van der Waals surface area contributed by atoms with Crippen LogP contribution in [-0.4, -0.2) is 10.9 Å². The van der Waals surface area contributed by atoms with Gasteiger partial charge in [-0.05, 0) is 47.6 Å². The molecule has 0 spiro atoms. The van der Waals surface area contributed by atoms with Crippen molar-refractivity contribution in [3.63, 3.8) is 0 Å². The lowest BCUT2D eigenvalue weighted by Gasteiger charge is -2.13. The van der Waals surface area contributed by atoms with Crippen LogP contribution in [0.15, 0.2) is 91.0 Å². The van der Waals surface area contributed by atoms with E-state index in [1.165, 1.54) is 16.5 Å². The van der Waals surface area contributed by atoms with Crippen LogP contribution in [0.25, 0.3) is 32.9 Å². The van der Waals surface area contributed by atoms with Gasteiger partial charge in [0.2, 0.25) is 0 Å². The van der Waals surface area contributed by atoms with Gasteiger partial charge in [0.05, 0.1) is 16.8 Å². The van der Waals surface area contributed by atoms with Crippen molar-refractivity contribution in [2.45, 2.75) is 12.8 Å². The maximum Gasteiger partial charge on any atom is 0.256 e. The van der Waals surface area contributed by atoms with E-state index >= 15 is 0 Å². The normalized spacial score (nSPS) is 12.4. The Bertz CT molecular complexity index is 1460. The number of hydrogen-bond donors (Lipinski definition) is 1. The average molecular weight is 400 g/mol. The van der Waals surface area contributed by atoms with Crippen molar-refractivity contribution in [3.8, 4) is 11.3 Å². The van der Waals surface area contributed by atoms with Crippen molar-refractivity contribution in [2.24, 2.45) is 0 Å². The number of nitrogens with zero attached hydrogens (tertiary/aromatic N) is 1. The molecule has 1 aromatic heterocycles. The van der Waals surface area contributed by atoms with Crippen molar-refractivity contribution in [3.05, 3.63) is 108 Å². The van der Waals surface area contributed by atoms with Crippen molar-refractivity contribution >= 4 is 33.3 Å². The van der Waals surface area contributed by atoms with Gasteiger partial charge in [-0.15, -0.1) is 0 Å². The van der Waals surface area contributed by atoms with E-state index in [4.69, 9.17) is 4.98 Å². The number of carbonyl (C=O) groups excluding carboxylic acids is 1. The van der Waals surface area contributed by atoms with E-state index in [9.17, 15) is 4.79 Å². The molecule has 0 bridgehead atoms. The third kappa shape index (κ3) is 2.98. The summed E-state index contributed by atoms with van der Waals surface area (Å²) in [7, 11) is 0. The second kappa shape index (κ2) is 7.06. The molecular weight excluding hydrogens is 380 g/mol. The molecular formula is C28H20N2O. The highest BCUT2D eigenvalue weighted by Crippen LogP contribution is 2.35. The molecule has 0 aliphatic heterocycles. The summed E-state index contributed by atoms with van der Waals surface area (Å²) in [6, 6.07) is 30.2. The van der Waals surface area contributed by atoms with Crippen molar-refractivity contribution in [1.29, 1.82) is 0 Å². The van der Waals surface area contributed by atoms with Crippen LogP contribution in [0.1, 0.15) is 21.5 Å². The molecule has 1 amide bonds. The first kappa shape index (κ1) is 17.8. The van der Waals surface area contributed by atoms with Crippen LogP contribution in [0.2, 0.25) is 0 Å². The van der Waals surface area contributed by atoms with Gasteiger partial charge >= 0.3 is 0 Å². The van der Waals surface area contributed by atoms with E-state index in [0.29, 0.717) is 5.56 Å². The highest BCUT2D eigenvalue weighted by molar-refractivity contribution is 6.16. The first-order valence-corrected chi connectivity index (χ1v) is 10.6. The largest absolute Gasteiger partial charge is 0.321 e. The number of aryl methyl sites for hydroxylation is 2. The highest BCUT2D eigenvalue weighted by atomic mass is 16.1. The molecule has 1 aliphatic carbocycles. The zero-order chi connectivity index (χ0) is 20.8. The van der Waals surface area contributed by atoms with Crippen molar-refractivity contribution in [1.82, 2.24) is 4.98 Å². The van der Waals surface area contributed by atoms with Crippen LogP contribution < -0.4 is 5.32 Å². The third-order valence-corrected chi connectivity index (χ3v) is 6.16. The molecule has 1 heterocycles. The molecule has 0 saturated carbocycles. The Labute approximate surface area is 180 Å². The Morgan fingerprint density at radius 1 is 0.742 bits per heavy atom. The zero-order valence-corrected chi connectivity index (χ0v) is 16.9. The Morgan fingerprint density at radius 2 is 1.48 bits per heavy atom.